The second-order valence-corrected chi connectivity index (χ2v) is 8.74. The van der Waals surface area contributed by atoms with Crippen LogP contribution in [0.25, 0.3) is 0 Å². The average molecular weight is 350 g/mol. The fourth-order valence-electron chi connectivity index (χ4n) is 3.72. The first-order valence-electron chi connectivity index (χ1n) is 9.51. The van der Waals surface area contributed by atoms with Crippen molar-refractivity contribution in [3.63, 3.8) is 0 Å². The van der Waals surface area contributed by atoms with E-state index in [2.05, 4.69) is 86.7 Å². The molecule has 0 nitrogen and oxygen atoms in total. The lowest BCUT2D eigenvalue weighted by atomic mass is 9.84. The lowest BCUT2D eigenvalue weighted by Gasteiger charge is -2.22. The molecule has 1 saturated carbocycles. The van der Waals surface area contributed by atoms with Gasteiger partial charge in [-0.3, -0.25) is 0 Å². The third kappa shape index (κ3) is 4.46. The highest BCUT2D eigenvalue weighted by Crippen LogP contribution is 2.35. The predicted molar refractivity (Wildman–Crippen MR) is 111 cm³/mol. The van der Waals surface area contributed by atoms with Gasteiger partial charge in [0.2, 0.25) is 0 Å². The van der Waals surface area contributed by atoms with Gasteiger partial charge in [0, 0.05) is 0 Å². The van der Waals surface area contributed by atoms with E-state index in [1.165, 1.54) is 52.4 Å². The second-order valence-electron chi connectivity index (χ2n) is 6.71. The molecule has 0 heterocycles. The quantitative estimate of drug-likeness (QED) is 0.394. The minimum Gasteiger partial charge on any atom is -0.0827 e. The smallest absolute Gasteiger partial charge is 0.0827 e. The molecule has 1 unspecified atom stereocenters. The van der Waals surface area contributed by atoms with Crippen LogP contribution in [-0.4, -0.2) is 0 Å². The molecule has 0 aliphatic heterocycles. The maximum Gasteiger partial charge on any atom is 0.166 e. The van der Waals surface area contributed by atoms with Gasteiger partial charge in [-0.05, 0) is 74.6 Å². The van der Waals surface area contributed by atoms with Gasteiger partial charge in [0.15, 0.2) is 14.7 Å². The van der Waals surface area contributed by atoms with Crippen molar-refractivity contribution in [2.45, 2.75) is 61.7 Å². The Balaban J connectivity index is 1.93. The fourth-order valence-corrected chi connectivity index (χ4v) is 5.89. The number of hydrogen-bond acceptors (Lipinski definition) is 0. The largest absolute Gasteiger partial charge is 0.166 e. The normalized spacial score (nSPS) is 17.8. The highest BCUT2D eigenvalue weighted by atomic mass is 32.2. The summed E-state index contributed by atoms with van der Waals surface area (Å²) in [6.07, 6.45) is 13.6. The summed E-state index contributed by atoms with van der Waals surface area (Å²) >= 11 is 0. The van der Waals surface area contributed by atoms with E-state index < -0.39 is 0 Å². The minimum atomic E-state index is -0.0278. The molecule has 3 rings (SSSR count). The highest BCUT2D eigenvalue weighted by molar-refractivity contribution is 8.00. The van der Waals surface area contributed by atoms with Crippen molar-refractivity contribution in [3.05, 3.63) is 83.3 Å². The molecule has 1 fully saturated rings. The van der Waals surface area contributed by atoms with E-state index >= 15 is 0 Å². The summed E-state index contributed by atoms with van der Waals surface area (Å²) in [7, 11) is -0.0278. The van der Waals surface area contributed by atoms with Crippen LogP contribution in [0.4, 0.5) is 0 Å². The second kappa shape index (κ2) is 9.10. The van der Waals surface area contributed by atoms with Crippen LogP contribution in [0.5, 0.6) is 0 Å². The predicted octanol–water partition coefficient (Wildman–Crippen LogP) is 7.25. The Labute approximate surface area is 156 Å². The molecule has 0 saturated heterocycles. The zero-order valence-corrected chi connectivity index (χ0v) is 16.3. The van der Waals surface area contributed by atoms with Crippen molar-refractivity contribution in [1.82, 2.24) is 0 Å². The first kappa shape index (κ1) is 18.1. The molecule has 0 aromatic heterocycles. The molecule has 2 aromatic rings. The monoisotopic (exact) mass is 349 g/mol. The molecule has 0 spiro atoms. The van der Waals surface area contributed by atoms with Gasteiger partial charge in [0.25, 0.3) is 0 Å². The van der Waals surface area contributed by atoms with Gasteiger partial charge in [-0.25, -0.2) is 0 Å². The lowest BCUT2D eigenvalue weighted by Crippen LogP contribution is -2.07. The number of hydrogen-bond donors (Lipinski definition) is 0. The standard InChI is InChI=1S/C24H29S/c1-3-11-22(4-2)25(23-14-9-6-10-15-23)24-18-16-21(17-19-24)20-12-7-5-8-13-20/h3-4,6,9-11,14-20H,5,7-8,12-13H2,1-2H3/q+1/b11-3-,22-4+. The van der Waals surface area contributed by atoms with Crippen molar-refractivity contribution in [1.29, 1.82) is 0 Å². The molecule has 130 valence electrons. The Morgan fingerprint density at radius 2 is 1.48 bits per heavy atom. The first-order chi connectivity index (χ1) is 12.3. The number of benzene rings is 2. The molecule has 25 heavy (non-hydrogen) atoms. The Kier molecular flexibility index (Phi) is 6.58. The molecular weight excluding hydrogens is 320 g/mol. The van der Waals surface area contributed by atoms with Crippen molar-refractivity contribution in [3.8, 4) is 0 Å². The van der Waals surface area contributed by atoms with E-state index in [4.69, 9.17) is 0 Å². The average Bonchev–Trinajstić information content (AvgIpc) is 2.69. The van der Waals surface area contributed by atoms with Crippen LogP contribution in [0.1, 0.15) is 57.4 Å². The summed E-state index contributed by atoms with van der Waals surface area (Å²) < 4.78 is 0. The first-order valence-corrected chi connectivity index (χ1v) is 10.7. The van der Waals surface area contributed by atoms with Crippen LogP contribution in [0, 0.1) is 0 Å². The summed E-state index contributed by atoms with van der Waals surface area (Å²) in [5, 5.41) is 0. The topological polar surface area (TPSA) is 0 Å². The number of allylic oxidation sites excluding steroid dienone is 3. The molecule has 0 amide bonds. The van der Waals surface area contributed by atoms with Gasteiger partial charge in [0.1, 0.15) is 0 Å². The molecule has 1 atom stereocenters. The van der Waals surface area contributed by atoms with E-state index in [0.29, 0.717) is 0 Å². The van der Waals surface area contributed by atoms with Crippen LogP contribution >= 0.6 is 0 Å². The maximum absolute atomic E-state index is 2.39. The molecule has 1 heteroatoms. The number of rotatable bonds is 5. The SMILES string of the molecule is C/C=C\C(=C/C)[S+](c1ccccc1)c1ccc(C2CCCCC2)cc1. The van der Waals surface area contributed by atoms with Crippen LogP contribution in [0.15, 0.2) is 87.5 Å². The molecule has 1 aliphatic rings. The van der Waals surface area contributed by atoms with Gasteiger partial charge >= 0.3 is 0 Å². The van der Waals surface area contributed by atoms with E-state index in [0.717, 1.165) is 5.92 Å². The molecule has 1 aliphatic carbocycles. The summed E-state index contributed by atoms with van der Waals surface area (Å²) in [5.41, 5.74) is 1.54. The summed E-state index contributed by atoms with van der Waals surface area (Å²) in [6, 6.07) is 20.4. The van der Waals surface area contributed by atoms with E-state index in [1.807, 2.05) is 0 Å². The van der Waals surface area contributed by atoms with E-state index in [9.17, 15) is 0 Å². The Morgan fingerprint density at radius 3 is 2.08 bits per heavy atom. The Hall–Kier alpha value is -1.73. The van der Waals surface area contributed by atoms with Crippen molar-refractivity contribution in [2.24, 2.45) is 0 Å². The molecular formula is C24H29S+. The van der Waals surface area contributed by atoms with Gasteiger partial charge in [0.05, 0.1) is 10.9 Å². The maximum atomic E-state index is 2.39. The van der Waals surface area contributed by atoms with Gasteiger partial charge in [-0.1, -0.05) is 55.7 Å². The lowest BCUT2D eigenvalue weighted by molar-refractivity contribution is 0.443. The third-order valence-electron chi connectivity index (χ3n) is 5.02. The fraction of sp³-hybridized carbons (Fsp3) is 0.333. The van der Waals surface area contributed by atoms with Gasteiger partial charge in [-0.15, -0.1) is 0 Å². The zero-order valence-electron chi connectivity index (χ0n) is 15.4. The summed E-state index contributed by atoms with van der Waals surface area (Å²) in [5.74, 6) is 0.776. The molecule has 0 bridgehead atoms. The van der Waals surface area contributed by atoms with E-state index in [-0.39, 0.29) is 10.9 Å². The Morgan fingerprint density at radius 1 is 0.840 bits per heavy atom. The Bertz CT molecular complexity index is 704. The summed E-state index contributed by atoms with van der Waals surface area (Å²) in [6.45, 7) is 4.25. The summed E-state index contributed by atoms with van der Waals surface area (Å²) in [4.78, 5) is 4.19. The van der Waals surface area contributed by atoms with Crippen molar-refractivity contribution < 1.29 is 0 Å². The molecule has 2 aromatic carbocycles. The van der Waals surface area contributed by atoms with Crippen molar-refractivity contribution in [2.75, 3.05) is 0 Å². The highest BCUT2D eigenvalue weighted by Gasteiger charge is 2.29. The van der Waals surface area contributed by atoms with Crippen molar-refractivity contribution >= 4 is 10.9 Å². The molecule has 0 radical (unpaired) electrons. The van der Waals surface area contributed by atoms with E-state index in [1.54, 1.807) is 0 Å². The minimum absolute atomic E-state index is 0.0278. The zero-order chi connectivity index (χ0) is 17.5. The van der Waals surface area contributed by atoms with Crippen LogP contribution in [-0.2, 0) is 10.9 Å². The van der Waals surface area contributed by atoms with Crippen LogP contribution in [0.3, 0.4) is 0 Å². The van der Waals surface area contributed by atoms with Gasteiger partial charge in [-0.2, -0.15) is 0 Å². The van der Waals surface area contributed by atoms with Crippen LogP contribution in [0.2, 0.25) is 0 Å². The molecule has 0 N–H and O–H groups in total. The third-order valence-corrected chi connectivity index (χ3v) is 7.35. The van der Waals surface area contributed by atoms with Crippen LogP contribution < -0.4 is 0 Å². The van der Waals surface area contributed by atoms with Gasteiger partial charge < -0.3 is 0 Å².